The number of aromatic nitrogens is 2. The predicted octanol–water partition coefficient (Wildman–Crippen LogP) is 4.69. The largest absolute Gasteiger partial charge is 0.449 e. The fraction of sp³-hybridized carbons (Fsp3) is 0.750. The Hall–Kier alpha value is -2.38. The van der Waals surface area contributed by atoms with Crippen molar-refractivity contribution in [3.63, 3.8) is 0 Å². The molecule has 2 amide bonds. The Bertz CT molecular complexity index is 772. The number of nitrogens with zero attached hydrogens (tertiary/aromatic N) is 2. The second kappa shape index (κ2) is 11.5. The zero-order valence-corrected chi connectivity index (χ0v) is 20.3. The van der Waals surface area contributed by atoms with Gasteiger partial charge in [-0.3, -0.25) is 9.59 Å². The standard InChI is InChI=1S/C24H40N4O4/c1-6-8-10-18(26-22(31)32-17-24(7-2)12-9-13-24)20(29)21(30)27-19-11-15-25-28(19)16-14-23(3,4)5/h11,15,18H,6-10,12-14,16-17H2,1-5H3,(H,26,31)(H,27,30)/t18-/m0/s1. The maximum atomic E-state index is 12.9. The highest BCUT2D eigenvalue weighted by molar-refractivity contribution is 6.42. The van der Waals surface area contributed by atoms with Crippen LogP contribution in [0.15, 0.2) is 12.3 Å². The molecular formula is C24H40N4O4. The van der Waals surface area contributed by atoms with Crippen LogP contribution in [0.5, 0.6) is 0 Å². The lowest BCUT2D eigenvalue weighted by Crippen LogP contribution is -2.47. The summed E-state index contributed by atoms with van der Waals surface area (Å²) in [5, 5.41) is 9.53. The van der Waals surface area contributed by atoms with Crippen LogP contribution in [0, 0.1) is 10.8 Å². The smallest absolute Gasteiger partial charge is 0.407 e. The van der Waals surface area contributed by atoms with Crippen molar-refractivity contribution in [2.24, 2.45) is 10.8 Å². The number of ketones is 1. The number of hydrogen-bond donors (Lipinski definition) is 2. The summed E-state index contributed by atoms with van der Waals surface area (Å²) >= 11 is 0. The number of ether oxygens (including phenoxy) is 1. The molecule has 1 fully saturated rings. The van der Waals surface area contributed by atoms with Crippen LogP contribution in [0.25, 0.3) is 0 Å². The van der Waals surface area contributed by atoms with Gasteiger partial charge in [0.1, 0.15) is 11.9 Å². The molecule has 1 saturated carbocycles. The molecule has 0 spiro atoms. The number of amides is 2. The number of unbranched alkanes of at least 4 members (excludes halogenated alkanes) is 1. The molecule has 0 aromatic carbocycles. The minimum absolute atomic E-state index is 0.0725. The van der Waals surface area contributed by atoms with Crippen LogP contribution < -0.4 is 10.6 Å². The van der Waals surface area contributed by atoms with Crippen molar-refractivity contribution in [2.75, 3.05) is 11.9 Å². The Morgan fingerprint density at radius 2 is 1.97 bits per heavy atom. The maximum absolute atomic E-state index is 12.9. The van der Waals surface area contributed by atoms with Crippen LogP contribution >= 0.6 is 0 Å². The highest BCUT2D eigenvalue weighted by Crippen LogP contribution is 2.43. The topological polar surface area (TPSA) is 102 Å². The van der Waals surface area contributed by atoms with Crippen LogP contribution in [-0.2, 0) is 20.9 Å². The van der Waals surface area contributed by atoms with Crippen LogP contribution in [0.3, 0.4) is 0 Å². The molecule has 2 rings (SSSR count). The van der Waals surface area contributed by atoms with Gasteiger partial charge in [-0.25, -0.2) is 9.48 Å². The van der Waals surface area contributed by atoms with Gasteiger partial charge in [0.05, 0.1) is 12.8 Å². The second-order valence-electron chi connectivity index (χ2n) is 10.2. The molecule has 0 aliphatic heterocycles. The van der Waals surface area contributed by atoms with Crippen molar-refractivity contribution in [3.05, 3.63) is 12.3 Å². The third kappa shape index (κ3) is 7.64. The van der Waals surface area contributed by atoms with Crippen molar-refractivity contribution < 1.29 is 19.1 Å². The molecule has 1 aromatic heterocycles. The van der Waals surface area contributed by atoms with Gasteiger partial charge in [0.25, 0.3) is 5.91 Å². The third-order valence-electron chi connectivity index (χ3n) is 6.38. The quantitative estimate of drug-likeness (QED) is 0.452. The molecule has 0 saturated heterocycles. The van der Waals surface area contributed by atoms with E-state index < -0.39 is 23.8 Å². The fourth-order valence-corrected chi connectivity index (χ4v) is 3.75. The molecule has 8 nitrogen and oxygen atoms in total. The summed E-state index contributed by atoms with van der Waals surface area (Å²) in [5.41, 5.74) is 0.192. The first-order chi connectivity index (χ1) is 15.1. The van der Waals surface area contributed by atoms with Crippen molar-refractivity contribution in [2.45, 2.75) is 98.6 Å². The van der Waals surface area contributed by atoms with E-state index in [0.29, 0.717) is 31.8 Å². The maximum Gasteiger partial charge on any atom is 0.407 e. The van der Waals surface area contributed by atoms with Crippen LogP contribution in [-0.4, -0.2) is 40.2 Å². The van der Waals surface area contributed by atoms with Gasteiger partial charge in [0.15, 0.2) is 0 Å². The number of aryl methyl sites for hydroxylation is 1. The predicted molar refractivity (Wildman–Crippen MR) is 124 cm³/mol. The summed E-state index contributed by atoms with van der Waals surface area (Å²) < 4.78 is 7.10. The Balaban J connectivity index is 1.95. The molecule has 0 bridgehead atoms. The van der Waals surface area contributed by atoms with Crippen molar-refractivity contribution in [1.82, 2.24) is 15.1 Å². The molecule has 2 N–H and O–H groups in total. The number of anilines is 1. The Morgan fingerprint density at radius 3 is 2.53 bits per heavy atom. The van der Waals surface area contributed by atoms with Gasteiger partial charge in [-0.05, 0) is 37.5 Å². The van der Waals surface area contributed by atoms with Crippen molar-refractivity contribution in [3.8, 4) is 0 Å². The molecule has 180 valence electrons. The van der Waals surface area contributed by atoms with Gasteiger partial charge < -0.3 is 15.4 Å². The Morgan fingerprint density at radius 1 is 1.25 bits per heavy atom. The van der Waals surface area contributed by atoms with E-state index in [9.17, 15) is 14.4 Å². The second-order valence-corrected chi connectivity index (χ2v) is 10.2. The zero-order chi connectivity index (χ0) is 23.8. The minimum Gasteiger partial charge on any atom is -0.449 e. The Labute approximate surface area is 191 Å². The third-order valence-corrected chi connectivity index (χ3v) is 6.38. The van der Waals surface area contributed by atoms with Gasteiger partial charge in [-0.15, -0.1) is 0 Å². The van der Waals surface area contributed by atoms with Gasteiger partial charge in [0, 0.05) is 18.0 Å². The molecule has 1 heterocycles. The summed E-state index contributed by atoms with van der Waals surface area (Å²) in [5.74, 6) is -0.958. The number of Topliss-reactive ketones (excluding diaryl/α,β-unsaturated/α-hetero) is 1. The summed E-state index contributed by atoms with van der Waals surface area (Å²) in [7, 11) is 0. The van der Waals surface area contributed by atoms with E-state index in [1.807, 2.05) is 6.92 Å². The molecule has 32 heavy (non-hydrogen) atoms. The van der Waals surface area contributed by atoms with Crippen molar-refractivity contribution in [1.29, 1.82) is 0 Å². The number of carbonyl (C=O) groups is 3. The monoisotopic (exact) mass is 448 g/mol. The molecule has 1 aromatic rings. The summed E-state index contributed by atoms with van der Waals surface area (Å²) in [6, 6.07) is 0.756. The van der Waals surface area contributed by atoms with E-state index in [0.717, 1.165) is 38.5 Å². The molecule has 1 atom stereocenters. The van der Waals surface area contributed by atoms with Crippen LogP contribution in [0.4, 0.5) is 10.6 Å². The highest BCUT2D eigenvalue weighted by atomic mass is 16.5. The van der Waals surface area contributed by atoms with E-state index in [1.54, 1.807) is 16.9 Å². The van der Waals surface area contributed by atoms with Gasteiger partial charge in [-0.2, -0.15) is 5.10 Å². The molecule has 8 heteroatoms. The normalized spacial score (nSPS) is 16.0. The van der Waals surface area contributed by atoms with Gasteiger partial charge in [0.2, 0.25) is 5.78 Å². The number of hydrogen-bond acceptors (Lipinski definition) is 5. The first-order valence-electron chi connectivity index (χ1n) is 11.9. The first kappa shape index (κ1) is 25.9. The molecular weight excluding hydrogens is 408 g/mol. The summed E-state index contributed by atoms with van der Waals surface area (Å²) in [6.07, 6.45) is 8.01. The number of rotatable bonds is 12. The van der Waals surface area contributed by atoms with Crippen LogP contribution in [0.2, 0.25) is 0 Å². The van der Waals surface area contributed by atoms with E-state index in [2.05, 4.69) is 43.4 Å². The number of nitrogens with one attached hydrogen (secondary N) is 2. The lowest BCUT2D eigenvalue weighted by molar-refractivity contribution is -0.136. The SMILES string of the molecule is CCCC[C@H](NC(=O)OCC1(CC)CCC1)C(=O)C(=O)Nc1ccnn1CCC(C)(C)C. The number of carbonyl (C=O) groups excluding carboxylic acids is 3. The lowest BCUT2D eigenvalue weighted by Gasteiger charge is -2.40. The van der Waals surface area contributed by atoms with Crippen molar-refractivity contribution >= 4 is 23.6 Å². The summed E-state index contributed by atoms with van der Waals surface area (Å²) in [6.45, 7) is 11.5. The van der Waals surface area contributed by atoms with Crippen LogP contribution in [0.1, 0.15) is 86.0 Å². The van der Waals surface area contributed by atoms with Gasteiger partial charge in [-0.1, -0.05) is 53.9 Å². The van der Waals surface area contributed by atoms with Gasteiger partial charge >= 0.3 is 6.09 Å². The summed E-state index contributed by atoms with van der Waals surface area (Å²) in [4.78, 5) is 37.9. The molecule has 1 aliphatic carbocycles. The highest BCUT2D eigenvalue weighted by Gasteiger charge is 2.37. The lowest BCUT2D eigenvalue weighted by atomic mass is 9.68. The van der Waals surface area contributed by atoms with E-state index in [1.165, 1.54) is 0 Å². The zero-order valence-electron chi connectivity index (χ0n) is 20.3. The fourth-order valence-electron chi connectivity index (χ4n) is 3.75. The Kier molecular flexibility index (Phi) is 9.28. The van der Waals surface area contributed by atoms with E-state index in [-0.39, 0.29) is 10.8 Å². The molecule has 0 unspecified atom stereocenters. The van der Waals surface area contributed by atoms with E-state index in [4.69, 9.17) is 4.74 Å². The average molecular weight is 449 g/mol. The first-order valence-corrected chi connectivity index (χ1v) is 11.9. The average Bonchev–Trinajstić information content (AvgIpc) is 3.15. The molecule has 0 radical (unpaired) electrons. The number of alkyl carbamates (subject to hydrolysis) is 1. The van der Waals surface area contributed by atoms with E-state index >= 15 is 0 Å². The molecule has 1 aliphatic rings. The minimum atomic E-state index is -0.910.